The summed E-state index contributed by atoms with van der Waals surface area (Å²) in [5.74, 6) is 0. The first-order valence-electron chi connectivity index (χ1n) is 3.91. The molecule has 2 aliphatic heterocycles. The van der Waals surface area contributed by atoms with Gasteiger partial charge in [0, 0.05) is 0 Å². The minimum atomic E-state index is -1.39. The zero-order chi connectivity index (χ0) is 12.0. The van der Waals surface area contributed by atoms with E-state index in [1.54, 1.807) is 0 Å². The third kappa shape index (κ3) is 1.09. The van der Waals surface area contributed by atoms with Crippen molar-refractivity contribution in [2.45, 2.75) is 12.3 Å². The SMILES string of the molecule is O=C1N[C@H]2[C@@H](NC(=O)N2[N+](=O)[O-])N1[N+](=O)[O-]. The lowest BCUT2D eigenvalue weighted by Gasteiger charge is -2.09. The second-order valence-corrected chi connectivity index (χ2v) is 2.95. The van der Waals surface area contributed by atoms with E-state index < -0.39 is 34.5 Å². The van der Waals surface area contributed by atoms with Crippen LogP contribution in [0.2, 0.25) is 0 Å². The lowest BCUT2D eigenvalue weighted by atomic mass is 10.4. The van der Waals surface area contributed by atoms with E-state index in [2.05, 4.69) is 0 Å². The van der Waals surface area contributed by atoms with Gasteiger partial charge >= 0.3 is 12.1 Å². The number of hydrazine groups is 2. The molecule has 12 heteroatoms. The first-order valence-corrected chi connectivity index (χ1v) is 3.91. The van der Waals surface area contributed by atoms with Crippen LogP contribution in [0, 0.1) is 20.2 Å². The largest absolute Gasteiger partial charge is 0.379 e. The van der Waals surface area contributed by atoms with E-state index in [4.69, 9.17) is 0 Å². The molecule has 12 nitrogen and oxygen atoms in total. The van der Waals surface area contributed by atoms with Crippen LogP contribution in [-0.4, -0.2) is 44.5 Å². The molecule has 0 aromatic carbocycles. The Morgan fingerprint density at radius 2 is 1.25 bits per heavy atom. The summed E-state index contributed by atoms with van der Waals surface area (Å²) in [4.78, 5) is 43.1. The number of hydrogen-bond donors (Lipinski definition) is 2. The highest BCUT2D eigenvalue weighted by Gasteiger charge is 2.61. The molecule has 2 rings (SSSR count). The van der Waals surface area contributed by atoms with Crippen molar-refractivity contribution < 1.29 is 19.7 Å². The van der Waals surface area contributed by atoms with Gasteiger partial charge in [-0.15, -0.1) is 0 Å². The molecule has 0 aromatic rings. The van der Waals surface area contributed by atoms with Crippen molar-refractivity contribution in [3.05, 3.63) is 20.2 Å². The summed E-state index contributed by atoms with van der Waals surface area (Å²) >= 11 is 0. The predicted molar refractivity (Wildman–Crippen MR) is 42.3 cm³/mol. The molecule has 2 fully saturated rings. The average Bonchev–Trinajstić information content (AvgIpc) is 2.55. The molecular formula is C4H4N6O6. The molecule has 86 valence electrons. The first kappa shape index (κ1) is 9.88. The van der Waals surface area contributed by atoms with E-state index in [9.17, 15) is 29.8 Å². The van der Waals surface area contributed by atoms with Crippen LogP contribution >= 0.6 is 0 Å². The predicted octanol–water partition coefficient (Wildman–Crippen LogP) is -1.93. The standard InChI is InChI=1S/C4H4N6O6/c11-3-5-1-2(8(3)10(15)16)6-4(12)7(1)9(13)14/h1-2H,(H,5,11)(H,6,12)/t1-,2+. The van der Waals surface area contributed by atoms with Gasteiger partial charge in [-0.25, -0.2) is 29.8 Å². The minimum absolute atomic E-state index is 0.0894. The molecule has 0 spiro atoms. The van der Waals surface area contributed by atoms with E-state index in [1.807, 2.05) is 10.6 Å². The van der Waals surface area contributed by atoms with Crippen LogP contribution in [0.25, 0.3) is 0 Å². The first-order chi connectivity index (χ1) is 7.43. The maximum absolute atomic E-state index is 11.1. The highest BCUT2D eigenvalue weighted by atomic mass is 16.7. The van der Waals surface area contributed by atoms with Gasteiger partial charge in [-0.1, -0.05) is 0 Å². The third-order valence-electron chi connectivity index (χ3n) is 2.14. The number of nitrogens with zero attached hydrogens (tertiary/aromatic N) is 4. The summed E-state index contributed by atoms with van der Waals surface area (Å²) in [6, 6.07) is -2.24. The monoisotopic (exact) mass is 232 g/mol. The van der Waals surface area contributed by atoms with E-state index >= 15 is 0 Å². The number of carbonyl (C=O) groups is 2. The zero-order valence-electron chi connectivity index (χ0n) is 7.39. The number of rotatable bonds is 2. The van der Waals surface area contributed by atoms with Gasteiger partial charge in [-0.05, 0) is 10.0 Å². The Morgan fingerprint density at radius 3 is 1.50 bits per heavy atom. The molecule has 2 atom stereocenters. The van der Waals surface area contributed by atoms with Crippen molar-refractivity contribution >= 4 is 12.1 Å². The van der Waals surface area contributed by atoms with Gasteiger partial charge in [0.2, 0.25) is 12.3 Å². The molecule has 0 saturated carbocycles. The van der Waals surface area contributed by atoms with E-state index in [0.717, 1.165) is 0 Å². The van der Waals surface area contributed by atoms with Crippen LogP contribution < -0.4 is 10.6 Å². The maximum atomic E-state index is 11.1. The molecule has 0 unspecified atom stereocenters. The Hall–Kier alpha value is -2.66. The highest BCUT2D eigenvalue weighted by molar-refractivity contribution is 5.83. The van der Waals surface area contributed by atoms with Crippen molar-refractivity contribution in [3.63, 3.8) is 0 Å². The van der Waals surface area contributed by atoms with Crippen LogP contribution in [-0.2, 0) is 0 Å². The Kier molecular flexibility index (Phi) is 1.80. The van der Waals surface area contributed by atoms with Crippen molar-refractivity contribution in [1.29, 1.82) is 0 Å². The molecule has 0 radical (unpaired) electrons. The summed E-state index contributed by atoms with van der Waals surface area (Å²) in [5, 5.41) is 22.9. The maximum Gasteiger partial charge on any atom is 0.379 e. The summed E-state index contributed by atoms with van der Waals surface area (Å²) in [5.41, 5.74) is 0. The van der Waals surface area contributed by atoms with Crippen molar-refractivity contribution in [3.8, 4) is 0 Å². The fourth-order valence-electron chi connectivity index (χ4n) is 1.54. The Morgan fingerprint density at radius 1 is 0.938 bits per heavy atom. The number of carbonyl (C=O) groups excluding carboxylic acids is 2. The van der Waals surface area contributed by atoms with Crippen molar-refractivity contribution in [2.24, 2.45) is 0 Å². The molecule has 0 aliphatic carbocycles. The van der Waals surface area contributed by atoms with Crippen LogP contribution in [0.5, 0.6) is 0 Å². The summed E-state index contributed by atoms with van der Waals surface area (Å²) in [6.07, 6.45) is -2.78. The van der Waals surface area contributed by atoms with E-state index in [0.29, 0.717) is 0 Å². The van der Waals surface area contributed by atoms with Gasteiger partial charge < -0.3 is 10.6 Å². The Bertz CT molecular complexity index is 370. The zero-order valence-corrected chi connectivity index (χ0v) is 7.39. The van der Waals surface area contributed by atoms with Gasteiger partial charge in [0.1, 0.15) is 0 Å². The fraction of sp³-hybridized carbons (Fsp3) is 0.500. The topological polar surface area (TPSA) is 151 Å². The summed E-state index contributed by atoms with van der Waals surface area (Å²) in [6.45, 7) is 0. The lowest BCUT2D eigenvalue weighted by Crippen LogP contribution is -2.46. The number of urea groups is 2. The third-order valence-corrected chi connectivity index (χ3v) is 2.14. The normalized spacial score (nSPS) is 27.5. The lowest BCUT2D eigenvalue weighted by molar-refractivity contribution is -0.651. The van der Waals surface area contributed by atoms with Crippen LogP contribution in [0.4, 0.5) is 9.59 Å². The number of amides is 4. The average molecular weight is 232 g/mol. The molecular weight excluding hydrogens is 228 g/mol. The molecule has 2 aliphatic rings. The van der Waals surface area contributed by atoms with Gasteiger partial charge in [-0.2, -0.15) is 0 Å². The Balaban J connectivity index is 2.32. The molecule has 2 N–H and O–H groups in total. The quantitative estimate of drug-likeness (QED) is 0.418. The summed E-state index contributed by atoms with van der Waals surface area (Å²) < 4.78 is 0. The van der Waals surface area contributed by atoms with Crippen LogP contribution in [0.3, 0.4) is 0 Å². The van der Waals surface area contributed by atoms with E-state index in [-0.39, 0.29) is 10.0 Å². The van der Waals surface area contributed by atoms with Gasteiger partial charge in [-0.3, -0.25) is 0 Å². The highest BCUT2D eigenvalue weighted by Crippen LogP contribution is 2.20. The molecule has 16 heavy (non-hydrogen) atoms. The molecule has 2 heterocycles. The number of nitro groups is 2. The van der Waals surface area contributed by atoms with Crippen LogP contribution in [0.1, 0.15) is 0 Å². The van der Waals surface area contributed by atoms with Crippen molar-refractivity contribution in [2.75, 3.05) is 0 Å². The van der Waals surface area contributed by atoms with Gasteiger partial charge in [0.05, 0.1) is 0 Å². The van der Waals surface area contributed by atoms with Gasteiger partial charge in [0.25, 0.3) is 0 Å². The van der Waals surface area contributed by atoms with Gasteiger partial charge in [0.15, 0.2) is 10.1 Å². The smallest absolute Gasteiger partial charge is 0.304 e. The molecule has 4 amide bonds. The number of hydrogen-bond acceptors (Lipinski definition) is 6. The van der Waals surface area contributed by atoms with Crippen LogP contribution in [0.15, 0.2) is 0 Å². The number of fused-ring (bicyclic) bond motifs is 1. The fourth-order valence-corrected chi connectivity index (χ4v) is 1.54. The molecule has 0 aromatic heterocycles. The minimum Gasteiger partial charge on any atom is -0.304 e. The second-order valence-electron chi connectivity index (χ2n) is 2.95. The summed E-state index contributed by atoms with van der Waals surface area (Å²) in [7, 11) is 0. The molecule has 2 saturated heterocycles. The number of nitrogens with one attached hydrogen (secondary N) is 2. The van der Waals surface area contributed by atoms with E-state index in [1.165, 1.54) is 0 Å². The molecule has 0 bridgehead atoms. The van der Waals surface area contributed by atoms with Crippen molar-refractivity contribution in [1.82, 2.24) is 20.7 Å². The Labute approximate surface area is 86.0 Å². The second kappa shape index (κ2) is 2.91.